The highest BCUT2D eigenvalue weighted by Crippen LogP contribution is 2.17. The number of thiophene rings is 1. The van der Waals surface area contributed by atoms with E-state index in [1.54, 1.807) is 17.4 Å². The van der Waals surface area contributed by atoms with Crippen molar-refractivity contribution in [2.45, 2.75) is 45.7 Å². The van der Waals surface area contributed by atoms with E-state index in [9.17, 15) is 9.59 Å². The molecule has 0 radical (unpaired) electrons. The van der Waals surface area contributed by atoms with Crippen molar-refractivity contribution in [3.63, 3.8) is 0 Å². The number of carbonyl (C=O) groups excluding carboxylic acids is 1. The number of carbonyl (C=O) groups is 1. The number of hydrogen-bond acceptors (Lipinski definition) is 5. The molecule has 0 aromatic carbocycles. The number of likely N-dealkylation sites (tertiary alicyclic amines) is 1. The zero-order valence-corrected chi connectivity index (χ0v) is 16.1. The predicted molar refractivity (Wildman–Crippen MR) is 103 cm³/mol. The predicted octanol–water partition coefficient (Wildman–Crippen LogP) is 2.42. The van der Waals surface area contributed by atoms with Crippen molar-refractivity contribution < 1.29 is 4.79 Å². The van der Waals surface area contributed by atoms with Crippen LogP contribution >= 0.6 is 11.3 Å². The molecule has 1 saturated heterocycles. The second kappa shape index (κ2) is 8.60. The van der Waals surface area contributed by atoms with E-state index in [0.717, 1.165) is 44.6 Å². The molecule has 1 fully saturated rings. The Morgan fingerprint density at radius 2 is 2.35 bits per heavy atom. The highest BCUT2D eigenvalue weighted by Gasteiger charge is 2.23. The number of piperidine rings is 1. The maximum absolute atomic E-state index is 12.6. The second-order valence-corrected chi connectivity index (χ2v) is 8.35. The van der Waals surface area contributed by atoms with Gasteiger partial charge in [-0.1, -0.05) is 19.9 Å². The summed E-state index contributed by atoms with van der Waals surface area (Å²) < 4.78 is 0. The maximum Gasteiger partial charge on any atom is 0.345 e. The Hall–Kier alpha value is -1.99. The molecule has 1 atom stereocenters. The molecule has 0 bridgehead atoms. The van der Waals surface area contributed by atoms with Crippen LogP contribution in [-0.4, -0.2) is 39.9 Å². The maximum atomic E-state index is 12.6. The molecule has 3 rings (SSSR count). The minimum atomic E-state index is -0.462. The Bertz CT molecular complexity index is 785. The van der Waals surface area contributed by atoms with Gasteiger partial charge in [0.2, 0.25) is 0 Å². The third kappa shape index (κ3) is 5.25. The molecule has 0 aliphatic carbocycles. The molecular weight excluding hydrogens is 348 g/mol. The highest BCUT2D eigenvalue weighted by molar-refractivity contribution is 7.09. The fourth-order valence-corrected chi connectivity index (χ4v) is 4.12. The van der Waals surface area contributed by atoms with Crippen LogP contribution in [0.2, 0.25) is 0 Å². The molecule has 6 nitrogen and oxygen atoms in total. The van der Waals surface area contributed by atoms with Gasteiger partial charge in [0.05, 0.1) is 0 Å². The number of aromatic nitrogens is 2. The molecular formula is C19H26N4O2S. The van der Waals surface area contributed by atoms with Crippen molar-refractivity contribution in [2.75, 3.05) is 13.1 Å². The van der Waals surface area contributed by atoms with Gasteiger partial charge in [0.15, 0.2) is 0 Å². The van der Waals surface area contributed by atoms with Gasteiger partial charge in [0.25, 0.3) is 5.91 Å². The van der Waals surface area contributed by atoms with Gasteiger partial charge in [0, 0.05) is 29.7 Å². The van der Waals surface area contributed by atoms with Crippen LogP contribution in [0, 0.1) is 5.92 Å². The van der Waals surface area contributed by atoms with Crippen molar-refractivity contribution in [3.05, 3.63) is 50.3 Å². The number of H-pyrrole nitrogens is 1. The highest BCUT2D eigenvalue weighted by atomic mass is 32.1. The van der Waals surface area contributed by atoms with Crippen LogP contribution in [0.1, 0.15) is 47.7 Å². The van der Waals surface area contributed by atoms with Gasteiger partial charge < -0.3 is 10.3 Å². The van der Waals surface area contributed by atoms with Crippen LogP contribution in [0.5, 0.6) is 0 Å². The van der Waals surface area contributed by atoms with Gasteiger partial charge in [-0.15, -0.1) is 11.3 Å². The Kier molecular flexibility index (Phi) is 6.21. The largest absolute Gasteiger partial charge is 0.347 e. The SMILES string of the molecule is CC(C)Cc1cc(C(=O)N[C@@H]2CCCN(Cc3cccs3)C2)nc(=O)[nH]1. The first kappa shape index (κ1) is 18.8. The van der Waals surface area contributed by atoms with E-state index in [0.29, 0.717) is 5.92 Å². The molecule has 1 aliphatic heterocycles. The van der Waals surface area contributed by atoms with Crippen LogP contribution in [0.25, 0.3) is 0 Å². The van der Waals surface area contributed by atoms with E-state index in [1.807, 2.05) is 0 Å². The number of nitrogens with one attached hydrogen (secondary N) is 2. The van der Waals surface area contributed by atoms with Crippen LogP contribution in [0.3, 0.4) is 0 Å². The Morgan fingerprint density at radius 1 is 1.50 bits per heavy atom. The molecule has 140 valence electrons. The minimum Gasteiger partial charge on any atom is -0.347 e. The third-order valence-electron chi connectivity index (χ3n) is 4.46. The Morgan fingerprint density at radius 3 is 3.08 bits per heavy atom. The van der Waals surface area contributed by atoms with Crippen molar-refractivity contribution in [1.82, 2.24) is 20.2 Å². The molecule has 1 aliphatic rings. The fourth-order valence-electron chi connectivity index (χ4n) is 3.37. The third-order valence-corrected chi connectivity index (χ3v) is 5.32. The van der Waals surface area contributed by atoms with Crippen LogP contribution < -0.4 is 11.0 Å². The number of nitrogens with zero attached hydrogens (tertiary/aromatic N) is 2. The molecule has 2 N–H and O–H groups in total. The summed E-state index contributed by atoms with van der Waals surface area (Å²) in [5.41, 5.74) is 0.504. The number of rotatable bonds is 6. The van der Waals surface area contributed by atoms with E-state index in [4.69, 9.17) is 0 Å². The van der Waals surface area contributed by atoms with Crippen LogP contribution in [0.4, 0.5) is 0 Å². The lowest BCUT2D eigenvalue weighted by Crippen LogP contribution is -2.47. The van der Waals surface area contributed by atoms with Crippen molar-refractivity contribution in [1.29, 1.82) is 0 Å². The van der Waals surface area contributed by atoms with E-state index < -0.39 is 5.69 Å². The first-order valence-electron chi connectivity index (χ1n) is 9.15. The summed E-state index contributed by atoms with van der Waals surface area (Å²) in [6, 6.07) is 5.99. The van der Waals surface area contributed by atoms with Gasteiger partial charge in [-0.05, 0) is 49.2 Å². The summed E-state index contributed by atoms with van der Waals surface area (Å²) in [4.78, 5) is 34.6. The monoisotopic (exact) mass is 374 g/mol. The number of amides is 1. The summed E-state index contributed by atoms with van der Waals surface area (Å²) in [6.45, 7) is 6.94. The van der Waals surface area contributed by atoms with Gasteiger partial charge in [-0.25, -0.2) is 4.79 Å². The van der Waals surface area contributed by atoms with Crippen molar-refractivity contribution in [2.24, 2.45) is 5.92 Å². The summed E-state index contributed by atoms with van der Waals surface area (Å²) >= 11 is 1.76. The fraction of sp³-hybridized carbons (Fsp3) is 0.526. The molecule has 2 aromatic heterocycles. The lowest BCUT2D eigenvalue weighted by molar-refractivity contribution is 0.0895. The van der Waals surface area contributed by atoms with Gasteiger partial charge >= 0.3 is 5.69 Å². The normalized spacial score (nSPS) is 18.2. The van der Waals surface area contributed by atoms with Crippen molar-refractivity contribution >= 4 is 17.2 Å². The summed E-state index contributed by atoms with van der Waals surface area (Å²) in [7, 11) is 0. The first-order chi connectivity index (χ1) is 12.5. The quantitative estimate of drug-likeness (QED) is 0.814. The molecule has 2 aromatic rings. The van der Waals surface area contributed by atoms with E-state index in [1.165, 1.54) is 4.88 Å². The summed E-state index contributed by atoms with van der Waals surface area (Å²) in [5, 5.41) is 5.15. The topological polar surface area (TPSA) is 78.1 Å². The molecule has 0 unspecified atom stereocenters. The van der Waals surface area contributed by atoms with Crippen LogP contribution in [0.15, 0.2) is 28.4 Å². The molecule has 26 heavy (non-hydrogen) atoms. The summed E-state index contributed by atoms with van der Waals surface area (Å²) in [5.74, 6) is 0.136. The van der Waals surface area contributed by atoms with Gasteiger partial charge in [-0.2, -0.15) is 4.98 Å². The van der Waals surface area contributed by atoms with Gasteiger partial charge in [0.1, 0.15) is 5.69 Å². The minimum absolute atomic E-state index is 0.0887. The van der Waals surface area contributed by atoms with Crippen molar-refractivity contribution in [3.8, 4) is 0 Å². The zero-order valence-electron chi connectivity index (χ0n) is 15.3. The zero-order chi connectivity index (χ0) is 18.5. The molecule has 1 amide bonds. The average molecular weight is 375 g/mol. The Labute approximate surface area is 157 Å². The standard InChI is InChI=1S/C19H26N4O2S/c1-13(2)9-15-10-17(22-19(25)21-15)18(24)20-14-5-3-7-23(11-14)12-16-6-4-8-26-16/h4,6,8,10,13-14H,3,5,7,9,11-12H2,1-2H3,(H,20,24)(H,21,22,25)/t14-/m1/s1. The lowest BCUT2D eigenvalue weighted by atomic mass is 10.0. The first-order valence-corrected chi connectivity index (χ1v) is 10.0. The molecule has 0 saturated carbocycles. The number of hydrogen-bond donors (Lipinski definition) is 2. The molecule has 0 spiro atoms. The second-order valence-electron chi connectivity index (χ2n) is 7.32. The van der Waals surface area contributed by atoms with E-state index in [-0.39, 0.29) is 17.6 Å². The van der Waals surface area contributed by atoms with Crippen LogP contribution in [-0.2, 0) is 13.0 Å². The lowest BCUT2D eigenvalue weighted by Gasteiger charge is -2.32. The average Bonchev–Trinajstić information content (AvgIpc) is 3.07. The van der Waals surface area contributed by atoms with Gasteiger partial charge in [-0.3, -0.25) is 9.69 Å². The van der Waals surface area contributed by atoms with E-state index in [2.05, 4.69) is 51.5 Å². The number of aromatic amines is 1. The molecule has 7 heteroatoms. The molecule has 3 heterocycles. The Balaban J connectivity index is 1.62. The smallest absolute Gasteiger partial charge is 0.345 e. The van der Waals surface area contributed by atoms with E-state index >= 15 is 0 Å². The summed E-state index contributed by atoms with van der Waals surface area (Å²) in [6.07, 6.45) is 2.72.